The summed E-state index contributed by atoms with van der Waals surface area (Å²) in [4.78, 5) is 0. The first-order valence-electron chi connectivity index (χ1n) is 11.5. The molecule has 3 heteroatoms. The predicted octanol–water partition coefficient (Wildman–Crippen LogP) is 8.07. The van der Waals surface area contributed by atoms with Crippen LogP contribution >= 0.6 is 8.22 Å². The number of nitrogens with zero attached hydrogens (tertiary/aromatic N) is 2. The first-order chi connectivity index (χ1) is 13.8. The fourth-order valence-corrected chi connectivity index (χ4v) is 7.48. The maximum absolute atomic E-state index is 2.65. The molecule has 2 fully saturated rings. The summed E-state index contributed by atoms with van der Waals surface area (Å²) in [5, 5.41) is 0. The lowest BCUT2D eigenvalue weighted by Crippen LogP contribution is -2.37. The van der Waals surface area contributed by atoms with Crippen LogP contribution in [0.15, 0.2) is 60.9 Å². The highest BCUT2D eigenvalue weighted by Crippen LogP contribution is 2.51. The summed E-state index contributed by atoms with van der Waals surface area (Å²) in [7, 11) is -0.512. The molecule has 28 heavy (non-hydrogen) atoms. The lowest BCUT2D eigenvalue weighted by molar-refractivity contribution is 0.0428. The molecule has 0 amide bonds. The van der Waals surface area contributed by atoms with Crippen LogP contribution < -0.4 is 0 Å². The number of allylic oxidation sites excluding steroid dienone is 1. The summed E-state index contributed by atoms with van der Waals surface area (Å²) in [6.07, 6.45) is 27.2. The smallest absolute Gasteiger partial charge is 0.128 e. The normalized spacial score (nSPS) is 20.4. The van der Waals surface area contributed by atoms with Gasteiger partial charge in [-0.1, -0.05) is 51.5 Å². The molecule has 152 valence electrons. The monoisotopic (exact) mass is 396 g/mol. The molecule has 0 unspecified atom stereocenters. The van der Waals surface area contributed by atoms with Crippen molar-refractivity contribution in [2.24, 2.45) is 17.3 Å². The standard InChI is InChI=1S/C25H37N2P/c1-25(23-13-4-2-5-14-23,24-15-6-3-7-16-24)17-12-22-28(26-18-8-9-19-26)27-20-10-11-21-27/h8-12,18-24H,2-7,13-17H2,1H3. The van der Waals surface area contributed by atoms with Crippen LogP contribution in [-0.2, 0) is 0 Å². The van der Waals surface area contributed by atoms with Crippen LogP contribution in [0.25, 0.3) is 0 Å². The predicted molar refractivity (Wildman–Crippen MR) is 122 cm³/mol. The maximum Gasteiger partial charge on any atom is 0.128 e. The van der Waals surface area contributed by atoms with E-state index >= 15 is 0 Å². The molecule has 2 aromatic rings. The van der Waals surface area contributed by atoms with Gasteiger partial charge in [-0.25, -0.2) is 0 Å². The van der Waals surface area contributed by atoms with Crippen LogP contribution in [0.1, 0.15) is 77.6 Å². The highest BCUT2D eigenvalue weighted by molar-refractivity contribution is 7.57. The van der Waals surface area contributed by atoms with Gasteiger partial charge in [0.05, 0.1) is 0 Å². The fourth-order valence-electron chi connectivity index (χ4n) is 5.79. The van der Waals surface area contributed by atoms with Crippen molar-refractivity contribution in [3.8, 4) is 0 Å². The van der Waals surface area contributed by atoms with Gasteiger partial charge in [0, 0.05) is 24.8 Å². The van der Waals surface area contributed by atoms with Crippen molar-refractivity contribution in [2.75, 3.05) is 0 Å². The maximum atomic E-state index is 2.65. The molecule has 0 aromatic carbocycles. The number of aromatic nitrogens is 2. The van der Waals surface area contributed by atoms with Crippen molar-refractivity contribution in [1.82, 2.24) is 8.68 Å². The van der Waals surface area contributed by atoms with E-state index in [1.165, 1.54) is 70.6 Å². The van der Waals surface area contributed by atoms with E-state index in [4.69, 9.17) is 0 Å². The highest BCUT2D eigenvalue weighted by Gasteiger charge is 2.40. The van der Waals surface area contributed by atoms with E-state index in [-0.39, 0.29) is 0 Å². The summed E-state index contributed by atoms with van der Waals surface area (Å²) in [5.41, 5.74) is 0.492. The van der Waals surface area contributed by atoms with Gasteiger partial charge >= 0.3 is 0 Å². The molecule has 2 aliphatic rings. The third-order valence-corrected chi connectivity index (χ3v) is 9.48. The summed E-state index contributed by atoms with van der Waals surface area (Å²) in [5.74, 6) is 4.36. The molecule has 2 saturated carbocycles. The average Bonchev–Trinajstić information content (AvgIpc) is 3.47. The van der Waals surface area contributed by atoms with Gasteiger partial charge in [-0.15, -0.1) is 0 Å². The van der Waals surface area contributed by atoms with Crippen molar-refractivity contribution >= 4 is 8.22 Å². The fraction of sp³-hybridized carbons (Fsp3) is 0.600. The van der Waals surface area contributed by atoms with Crippen LogP contribution in [0.2, 0.25) is 0 Å². The molecule has 0 aliphatic heterocycles. The van der Waals surface area contributed by atoms with Gasteiger partial charge in [0.15, 0.2) is 0 Å². The Bertz CT molecular complexity index is 652. The third-order valence-electron chi connectivity index (χ3n) is 7.52. The van der Waals surface area contributed by atoms with Crippen molar-refractivity contribution in [3.63, 3.8) is 0 Å². The van der Waals surface area contributed by atoms with E-state index in [2.05, 4.69) is 76.5 Å². The van der Waals surface area contributed by atoms with Crippen LogP contribution in [-0.4, -0.2) is 8.68 Å². The SMILES string of the molecule is CC(CC=CP(n1cccc1)n1cccc1)(C1CCCCC1)C1CCCCC1. The molecule has 0 saturated heterocycles. The Kier molecular flexibility index (Phi) is 6.78. The molecule has 0 spiro atoms. The van der Waals surface area contributed by atoms with Crippen molar-refractivity contribution in [3.05, 3.63) is 60.9 Å². The first kappa shape index (κ1) is 20.0. The molecule has 2 aliphatic carbocycles. The molecule has 2 heterocycles. The van der Waals surface area contributed by atoms with E-state index in [9.17, 15) is 0 Å². The Hall–Kier alpha value is -1.27. The lowest BCUT2D eigenvalue weighted by atomic mass is 9.58. The molecule has 0 atom stereocenters. The number of hydrogen-bond donors (Lipinski definition) is 0. The molecule has 0 bridgehead atoms. The Morgan fingerprint density at radius 2 is 1.18 bits per heavy atom. The van der Waals surface area contributed by atoms with Gasteiger partial charge in [0.2, 0.25) is 0 Å². The van der Waals surface area contributed by atoms with Crippen molar-refractivity contribution < 1.29 is 0 Å². The minimum atomic E-state index is -0.512. The van der Waals surface area contributed by atoms with Crippen LogP contribution in [0.3, 0.4) is 0 Å². The second kappa shape index (κ2) is 9.49. The molecule has 4 rings (SSSR count). The second-order valence-electron chi connectivity index (χ2n) is 9.21. The summed E-state index contributed by atoms with van der Waals surface area (Å²) in [6, 6.07) is 8.56. The van der Waals surface area contributed by atoms with E-state index < -0.39 is 8.22 Å². The number of hydrogen-bond acceptors (Lipinski definition) is 0. The van der Waals surface area contributed by atoms with Crippen molar-refractivity contribution in [1.29, 1.82) is 0 Å². The van der Waals surface area contributed by atoms with Gasteiger partial charge in [0.1, 0.15) is 8.22 Å². The second-order valence-corrected chi connectivity index (χ2v) is 11.1. The Balaban J connectivity index is 1.53. The Labute approximate surface area is 172 Å². The lowest BCUT2D eigenvalue weighted by Gasteiger charge is -2.47. The van der Waals surface area contributed by atoms with Crippen molar-refractivity contribution in [2.45, 2.75) is 77.6 Å². The molecule has 2 nitrogen and oxygen atoms in total. The minimum absolute atomic E-state index is 0.492. The number of rotatable bonds is 7. The summed E-state index contributed by atoms with van der Waals surface area (Å²) < 4.78 is 4.73. The van der Waals surface area contributed by atoms with E-state index in [1.54, 1.807) is 0 Å². The van der Waals surface area contributed by atoms with E-state index in [1.807, 2.05) is 0 Å². The average molecular weight is 397 g/mol. The van der Waals surface area contributed by atoms with Gasteiger partial charge in [-0.3, -0.25) is 0 Å². The molecule has 0 radical (unpaired) electrons. The molecule has 0 N–H and O–H groups in total. The summed E-state index contributed by atoms with van der Waals surface area (Å²) >= 11 is 0. The Morgan fingerprint density at radius 3 is 1.61 bits per heavy atom. The zero-order valence-corrected chi connectivity index (χ0v) is 18.4. The minimum Gasteiger partial charge on any atom is -0.313 e. The topological polar surface area (TPSA) is 9.86 Å². The summed E-state index contributed by atoms with van der Waals surface area (Å²) in [6.45, 7) is 2.65. The van der Waals surface area contributed by atoms with Gasteiger partial charge < -0.3 is 8.68 Å². The third kappa shape index (κ3) is 4.48. The van der Waals surface area contributed by atoms with Gasteiger partial charge in [0.25, 0.3) is 0 Å². The van der Waals surface area contributed by atoms with Crippen LogP contribution in [0.4, 0.5) is 0 Å². The molecular weight excluding hydrogens is 359 g/mol. The first-order valence-corrected chi connectivity index (χ1v) is 12.8. The zero-order chi connectivity index (χ0) is 19.2. The van der Waals surface area contributed by atoms with Crippen LogP contribution in [0.5, 0.6) is 0 Å². The zero-order valence-electron chi connectivity index (χ0n) is 17.5. The van der Waals surface area contributed by atoms with E-state index in [0.717, 1.165) is 11.8 Å². The van der Waals surface area contributed by atoms with Gasteiger partial charge in [-0.2, -0.15) is 0 Å². The van der Waals surface area contributed by atoms with Crippen LogP contribution in [0, 0.1) is 17.3 Å². The quantitative estimate of drug-likeness (QED) is 0.419. The highest BCUT2D eigenvalue weighted by atomic mass is 31.1. The molecular formula is C25H37N2P. The van der Waals surface area contributed by atoms with Gasteiger partial charge in [-0.05, 0) is 79.4 Å². The molecule has 2 aromatic heterocycles. The van der Waals surface area contributed by atoms with E-state index in [0.29, 0.717) is 5.41 Å². The Morgan fingerprint density at radius 1 is 0.750 bits per heavy atom. The largest absolute Gasteiger partial charge is 0.313 e.